The lowest BCUT2D eigenvalue weighted by Gasteiger charge is -2.32. The molecule has 1 saturated heterocycles. The van der Waals surface area contributed by atoms with E-state index in [4.69, 9.17) is 0 Å². The SMILES string of the molecule is O=C(c1cc(F)ccc1F)C1CCCN(C(=O)c2cccc(F)c2)C1. The number of halogens is 3. The number of amides is 1. The maximum absolute atomic E-state index is 13.8. The summed E-state index contributed by atoms with van der Waals surface area (Å²) in [4.78, 5) is 26.5. The fraction of sp³-hybridized carbons (Fsp3) is 0.263. The van der Waals surface area contributed by atoms with Crippen LogP contribution in [0.25, 0.3) is 0 Å². The Labute approximate surface area is 143 Å². The fourth-order valence-corrected chi connectivity index (χ4v) is 3.09. The zero-order valence-electron chi connectivity index (χ0n) is 13.3. The number of hydrogen-bond acceptors (Lipinski definition) is 2. The number of piperidine rings is 1. The van der Waals surface area contributed by atoms with Crippen LogP contribution in [0, 0.1) is 23.4 Å². The van der Waals surface area contributed by atoms with Crippen LogP contribution in [-0.2, 0) is 0 Å². The number of rotatable bonds is 3. The van der Waals surface area contributed by atoms with Crippen molar-refractivity contribution < 1.29 is 22.8 Å². The van der Waals surface area contributed by atoms with Crippen LogP contribution >= 0.6 is 0 Å². The van der Waals surface area contributed by atoms with E-state index in [1.807, 2.05) is 0 Å². The lowest BCUT2D eigenvalue weighted by molar-refractivity contribution is 0.0635. The number of Topliss-reactive ketones (excluding diaryl/α,β-unsaturated/α-hetero) is 1. The summed E-state index contributed by atoms with van der Waals surface area (Å²) in [5, 5.41) is 0. The summed E-state index contributed by atoms with van der Waals surface area (Å²) in [5.41, 5.74) is -0.102. The molecule has 0 aliphatic carbocycles. The first-order valence-electron chi connectivity index (χ1n) is 8.00. The molecule has 1 unspecified atom stereocenters. The quantitative estimate of drug-likeness (QED) is 0.791. The number of carbonyl (C=O) groups is 2. The van der Waals surface area contributed by atoms with Gasteiger partial charge in [-0.05, 0) is 49.2 Å². The van der Waals surface area contributed by atoms with Crippen molar-refractivity contribution in [2.45, 2.75) is 12.8 Å². The molecule has 0 saturated carbocycles. The van der Waals surface area contributed by atoms with Gasteiger partial charge in [-0.1, -0.05) is 6.07 Å². The second-order valence-electron chi connectivity index (χ2n) is 6.09. The van der Waals surface area contributed by atoms with Crippen LogP contribution in [0.3, 0.4) is 0 Å². The molecule has 0 aromatic heterocycles. The molecule has 6 heteroatoms. The highest BCUT2D eigenvalue weighted by molar-refractivity contribution is 5.99. The molecule has 0 N–H and O–H groups in total. The first kappa shape index (κ1) is 17.2. The van der Waals surface area contributed by atoms with Crippen molar-refractivity contribution in [1.29, 1.82) is 0 Å². The molecule has 0 radical (unpaired) electrons. The Morgan fingerprint density at radius 1 is 1.00 bits per heavy atom. The molecule has 2 aromatic carbocycles. The van der Waals surface area contributed by atoms with Crippen molar-refractivity contribution in [3.05, 3.63) is 71.0 Å². The van der Waals surface area contributed by atoms with E-state index in [2.05, 4.69) is 0 Å². The molecule has 3 rings (SSSR count). The number of likely N-dealkylation sites (tertiary alicyclic amines) is 1. The normalized spacial score (nSPS) is 17.4. The van der Waals surface area contributed by atoms with E-state index in [1.165, 1.54) is 23.1 Å². The van der Waals surface area contributed by atoms with Gasteiger partial charge in [0.1, 0.15) is 17.5 Å². The van der Waals surface area contributed by atoms with E-state index >= 15 is 0 Å². The van der Waals surface area contributed by atoms with E-state index in [-0.39, 0.29) is 23.6 Å². The largest absolute Gasteiger partial charge is 0.338 e. The summed E-state index contributed by atoms with van der Waals surface area (Å²) in [6.07, 6.45) is 1.05. The van der Waals surface area contributed by atoms with Crippen LogP contribution in [0.2, 0.25) is 0 Å². The number of carbonyl (C=O) groups excluding carboxylic acids is 2. The Kier molecular flexibility index (Phi) is 4.88. The Bertz CT molecular complexity index is 822. The monoisotopic (exact) mass is 347 g/mol. The molecule has 2 aromatic rings. The van der Waals surface area contributed by atoms with Gasteiger partial charge in [0.2, 0.25) is 0 Å². The first-order chi connectivity index (χ1) is 12.0. The molecular weight excluding hydrogens is 331 g/mol. The predicted molar refractivity (Wildman–Crippen MR) is 85.7 cm³/mol. The standard InChI is InChI=1S/C19H16F3NO2/c20-14-5-1-3-12(9-14)19(25)23-8-2-4-13(11-23)18(24)16-10-15(21)6-7-17(16)22/h1,3,5-7,9-10,13H,2,4,8,11H2. The van der Waals surface area contributed by atoms with Crippen LogP contribution in [-0.4, -0.2) is 29.7 Å². The zero-order chi connectivity index (χ0) is 18.0. The topological polar surface area (TPSA) is 37.4 Å². The minimum Gasteiger partial charge on any atom is -0.338 e. The molecule has 25 heavy (non-hydrogen) atoms. The van der Waals surface area contributed by atoms with Crippen molar-refractivity contribution in [3.8, 4) is 0 Å². The fourth-order valence-electron chi connectivity index (χ4n) is 3.09. The highest BCUT2D eigenvalue weighted by Gasteiger charge is 2.31. The lowest BCUT2D eigenvalue weighted by Crippen LogP contribution is -2.42. The Morgan fingerprint density at radius 3 is 2.52 bits per heavy atom. The van der Waals surface area contributed by atoms with E-state index in [9.17, 15) is 22.8 Å². The molecule has 3 nitrogen and oxygen atoms in total. The molecule has 1 heterocycles. The van der Waals surface area contributed by atoms with E-state index in [0.29, 0.717) is 19.4 Å². The van der Waals surface area contributed by atoms with Gasteiger partial charge in [-0.25, -0.2) is 13.2 Å². The molecule has 130 valence electrons. The van der Waals surface area contributed by atoms with Gasteiger partial charge in [0, 0.05) is 24.6 Å². The minimum absolute atomic E-state index is 0.101. The average molecular weight is 347 g/mol. The molecule has 0 spiro atoms. The first-order valence-corrected chi connectivity index (χ1v) is 8.00. The number of ketones is 1. The van der Waals surface area contributed by atoms with Crippen LogP contribution in [0.5, 0.6) is 0 Å². The van der Waals surface area contributed by atoms with Crippen molar-refractivity contribution in [3.63, 3.8) is 0 Å². The van der Waals surface area contributed by atoms with Gasteiger partial charge in [-0.3, -0.25) is 9.59 Å². The van der Waals surface area contributed by atoms with Gasteiger partial charge < -0.3 is 4.90 Å². The average Bonchev–Trinajstić information content (AvgIpc) is 2.62. The lowest BCUT2D eigenvalue weighted by atomic mass is 9.89. The van der Waals surface area contributed by atoms with E-state index in [0.717, 1.165) is 24.3 Å². The third kappa shape index (κ3) is 3.73. The summed E-state index contributed by atoms with van der Waals surface area (Å²) in [5.74, 6) is -3.49. The van der Waals surface area contributed by atoms with Gasteiger partial charge in [-0.2, -0.15) is 0 Å². The van der Waals surface area contributed by atoms with Gasteiger partial charge in [0.25, 0.3) is 5.91 Å². The molecule has 1 atom stereocenters. The molecule has 1 amide bonds. The van der Waals surface area contributed by atoms with Crippen molar-refractivity contribution in [2.24, 2.45) is 5.92 Å². The number of benzene rings is 2. The summed E-state index contributed by atoms with van der Waals surface area (Å²) >= 11 is 0. The number of nitrogens with zero attached hydrogens (tertiary/aromatic N) is 1. The molecule has 0 bridgehead atoms. The van der Waals surface area contributed by atoms with E-state index < -0.39 is 29.2 Å². The highest BCUT2D eigenvalue weighted by atomic mass is 19.1. The summed E-state index contributed by atoms with van der Waals surface area (Å²) in [6.45, 7) is 0.537. The zero-order valence-corrected chi connectivity index (χ0v) is 13.3. The van der Waals surface area contributed by atoms with Gasteiger partial charge in [-0.15, -0.1) is 0 Å². The molecule has 1 fully saturated rings. The minimum atomic E-state index is -0.778. The Morgan fingerprint density at radius 2 is 1.76 bits per heavy atom. The third-order valence-corrected chi connectivity index (χ3v) is 4.34. The summed E-state index contributed by atoms with van der Waals surface area (Å²) in [6, 6.07) is 8.07. The van der Waals surface area contributed by atoms with Crippen LogP contribution in [0.15, 0.2) is 42.5 Å². The van der Waals surface area contributed by atoms with Gasteiger partial charge in [0.15, 0.2) is 5.78 Å². The molecule has 1 aliphatic heterocycles. The van der Waals surface area contributed by atoms with Crippen LogP contribution in [0.4, 0.5) is 13.2 Å². The van der Waals surface area contributed by atoms with Crippen LogP contribution < -0.4 is 0 Å². The smallest absolute Gasteiger partial charge is 0.253 e. The number of hydrogen-bond donors (Lipinski definition) is 0. The van der Waals surface area contributed by atoms with Gasteiger partial charge >= 0.3 is 0 Å². The van der Waals surface area contributed by atoms with Crippen molar-refractivity contribution in [1.82, 2.24) is 4.90 Å². The maximum Gasteiger partial charge on any atom is 0.253 e. The van der Waals surface area contributed by atoms with Crippen molar-refractivity contribution in [2.75, 3.05) is 13.1 Å². The Balaban J connectivity index is 1.78. The Hall–Kier alpha value is -2.63. The maximum atomic E-state index is 13.8. The second-order valence-corrected chi connectivity index (χ2v) is 6.09. The third-order valence-electron chi connectivity index (χ3n) is 4.34. The predicted octanol–water partition coefficient (Wildman–Crippen LogP) is 3.84. The summed E-state index contributed by atoms with van der Waals surface area (Å²) in [7, 11) is 0. The van der Waals surface area contributed by atoms with Gasteiger partial charge in [0.05, 0.1) is 5.56 Å². The summed E-state index contributed by atoms with van der Waals surface area (Å²) < 4.78 is 40.5. The van der Waals surface area contributed by atoms with Crippen molar-refractivity contribution >= 4 is 11.7 Å². The molecule has 1 aliphatic rings. The highest BCUT2D eigenvalue weighted by Crippen LogP contribution is 2.24. The van der Waals surface area contributed by atoms with E-state index in [1.54, 1.807) is 0 Å². The second kappa shape index (κ2) is 7.09. The molecular formula is C19H16F3NO2. The van der Waals surface area contributed by atoms with Crippen LogP contribution in [0.1, 0.15) is 33.6 Å².